The largest absolute Gasteiger partial charge is 0.416 e. The molecule has 1 heterocycles. The number of carbonyl (C=O) groups excluding carboxylic acids is 1. The highest BCUT2D eigenvalue weighted by molar-refractivity contribution is 7.90. The summed E-state index contributed by atoms with van der Waals surface area (Å²) < 4.78 is 69.5. The Morgan fingerprint density at radius 1 is 1.42 bits per heavy atom. The van der Waals surface area contributed by atoms with Crippen LogP contribution in [-0.2, 0) is 25.7 Å². The average Bonchev–Trinajstić information content (AvgIpc) is 2.53. The van der Waals surface area contributed by atoms with Crippen molar-refractivity contribution in [1.82, 2.24) is 9.62 Å². The van der Waals surface area contributed by atoms with Crippen molar-refractivity contribution in [3.8, 4) is 0 Å². The van der Waals surface area contributed by atoms with E-state index < -0.39 is 38.6 Å². The maximum Gasteiger partial charge on any atom is 0.416 e. The van der Waals surface area contributed by atoms with Crippen molar-refractivity contribution < 1.29 is 31.1 Å². The number of carbonyl (C=O) groups is 1. The topological polar surface area (TPSA) is 75.7 Å². The third-order valence-corrected chi connectivity index (χ3v) is 5.00. The van der Waals surface area contributed by atoms with Gasteiger partial charge >= 0.3 is 6.18 Å². The Hall–Kier alpha value is -1.65. The summed E-state index contributed by atoms with van der Waals surface area (Å²) in [5, 5.41) is 0. The molecule has 1 aliphatic rings. The molecule has 1 fully saturated rings. The fraction of sp³-hybridized carbons (Fsp3) is 0.500. The SMILES string of the molecule is CCN1CCOC[C@H]1C(=O)NS(=O)(=O)c1cccc(C(F)(F)F)c1. The Labute approximate surface area is 137 Å². The molecule has 0 bridgehead atoms. The van der Waals surface area contributed by atoms with E-state index in [0.717, 1.165) is 18.2 Å². The minimum absolute atomic E-state index is 0.0256. The lowest BCUT2D eigenvalue weighted by Gasteiger charge is -2.33. The Bertz CT molecular complexity index is 706. The third-order valence-electron chi connectivity index (χ3n) is 3.65. The lowest BCUT2D eigenvalue weighted by Crippen LogP contribution is -2.54. The second kappa shape index (κ2) is 7.08. The van der Waals surface area contributed by atoms with Crippen LogP contribution in [0.3, 0.4) is 0 Å². The molecular formula is C14H17F3N2O4S. The van der Waals surface area contributed by atoms with Crippen molar-refractivity contribution in [2.75, 3.05) is 26.3 Å². The predicted molar refractivity (Wildman–Crippen MR) is 78.6 cm³/mol. The Morgan fingerprint density at radius 3 is 2.75 bits per heavy atom. The van der Waals surface area contributed by atoms with E-state index in [2.05, 4.69) is 0 Å². The number of nitrogens with zero attached hydrogens (tertiary/aromatic N) is 1. The highest BCUT2D eigenvalue weighted by atomic mass is 32.2. The average molecular weight is 366 g/mol. The van der Waals surface area contributed by atoms with Crippen molar-refractivity contribution in [2.45, 2.75) is 24.0 Å². The second-order valence-electron chi connectivity index (χ2n) is 5.21. The maximum absolute atomic E-state index is 12.7. The predicted octanol–water partition coefficient (Wildman–Crippen LogP) is 1.23. The number of amides is 1. The smallest absolute Gasteiger partial charge is 0.378 e. The van der Waals surface area contributed by atoms with Crippen LogP contribution in [-0.4, -0.2) is 51.6 Å². The van der Waals surface area contributed by atoms with Gasteiger partial charge in [-0.2, -0.15) is 13.2 Å². The van der Waals surface area contributed by atoms with Crippen LogP contribution in [0.15, 0.2) is 29.2 Å². The zero-order valence-corrected chi connectivity index (χ0v) is 13.7. The van der Waals surface area contributed by atoms with E-state index in [1.807, 2.05) is 11.6 Å². The van der Waals surface area contributed by atoms with Crippen molar-refractivity contribution in [1.29, 1.82) is 0 Å². The van der Waals surface area contributed by atoms with E-state index >= 15 is 0 Å². The number of hydrogen-bond acceptors (Lipinski definition) is 5. The van der Waals surface area contributed by atoms with Gasteiger partial charge in [-0.25, -0.2) is 13.1 Å². The molecule has 0 saturated carbocycles. The number of likely N-dealkylation sites (N-methyl/N-ethyl adjacent to an activating group) is 1. The first-order chi connectivity index (χ1) is 11.1. The van der Waals surface area contributed by atoms with Crippen molar-refractivity contribution in [3.63, 3.8) is 0 Å². The van der Waals surface area contributed by atoms with Crippen molar-refractivity contribution in [3.05, 3.63) is 29.8 Å². The normalized spacial score (nSPS) is 19.9. The monoisotopic (exact) mass is 366 g/mol. The lowest BCUT2D eigenvalue weighted by atomic mass is 10.2. The Morgan fingerprint density at radius 2 is 2.12 bits per heavy atom. The van der Waals surface area contributed by atoms with E-state index in [1.165, 1.54) is 0 Å². The molecular weight excluding hydrogens is 349 g/mol. The molecule has 1 amide bonds. The first-order valence-corrected chi connectivity index (χ1v) is 8.69. The van der Waals surface area contributed by atoms with E-state index in [-0.39, 0.29) is 6.61 Å². The van der Waals surface area contributed by atoms with Crippen LogP contribution in [0.4, 0.5) is 13.2 Å². The molecule has 0 unspecified atom stereocenters. The van der Waals surface area contributed by atoms with Gasteiger partial charge in [0.05, 0.1) is 23.7 Å². The third kappa shape index (κ3) is 4.25. The Balaban J connectivity index is 2.20. The maximum atomic E-state index is 12.7. The first kappa shape index (κ1) is 18.7. The second-order valence-corrected chi connectivity index (χ2v) is 6.90. The zero-order valence-electron chi connectivity index (χ0n) is 12.8. The fourth-order valence-electron chi connectivity index (χ4n) is 2.36. The number of hydrogen-bond donors (Lipinski definition) is 1. The van der Waals surface area contributed by atoms with Gasteiger partial charge in [-0.3, -0.25) is 9.69 Å². The van der Waals surface area contributed by atoms with Crippen LogP contribution in [0.25, 0.3) is 0 Å². The molecule has 1 N–H and O–H groups in total. The molecule has 0 aliphatic carbocycles. The molecule has 6 nitrogen and oxygen atoms in total. The van der Waals surface area contributed by atoms with Crippen LogP contribution in [0.2, 0.25) is 0 Å². The fourth-order valence-corrected chi connectivity index (χ4v) is 3.42. The van der Waals surface area contributed by atoms with Gasteiger partial charge in [-0.15, -0.1) is 0 Å². The minimum Gasteiger partial charge on any atom is -0.378 e. The minimum atomic E-state index is -4.67. The van der Waals surface area contributed by atoms with Gasteiger partial charge in [0.1, 0.15) is 6.04 Å². The first-order valence-electron chi connectivity index (χ1n) is 7.21. The summed E-state index contributed by atoms with van der Waals surface area (Å²) >= 11 is 0. The summed E-state index contributed by atoms with van der Waals surface area (Å²) in [7, 11) is -4.41. The number of ether oxygens (including phenoxy) is 1. The van der Waals surface area contributed by atoms with Gasteiger partial charge in [0.25, 0.3) is 15.9 Å². The van der Waals surface area contributed by atoms with E-state index in [4.69, 9.17) is 4.74 Å². The molecule has 2 rings (SSSR count). The molecule has 1 aromatic carbocycles. The molecule has 1 aromatic rings. The highest BCUT2D eigenvalue weighted by Crippen LogP contribution is 2.30. The summed E-state index contributed by atoms with van der Waals surface area (Å²) in [5.41, 5.74) is -1.10. The van der Waals surface area contributed by atoms with Crippen LogP contribution in [0, 0.1) is 0 Å². The summed E-state index contributed by atoms with van der Waals surface area (Å²) in [6, 6.07) is 2.42. The summed E-state index contributed by atoms with van der Waals surface area (Å²) in [6.07, 6.45) is -4.67. The highest BCUT2D eigenvalue weighted by Gasteiger charge is 2.34. The van der Waals surface area contributed by atoms with Gasteiger partial charge in [0.15, 0.2) is 0 Å². The van der Waals surface area contributed by atoms with Gasteiger partial charge in [0.2, 0.25) is 0 Å². The molecule has 1 aliphatic heterocycles. The Kier molecular flexibility index (Phi) is 5.51. The van der Waals surface area contributed by atoms with E-state index in [0.29, 0.717) is 25.8 Å². The summed E-state index contributed by atoms with van der Waals surface area (Å²) in [5.74, 6) is -0.825. The number of halogens is 3. The number of benzene rings is 1. The van der Waals surface area contributed by atoms with Crippen LogP contribution >= 0.6 is 0 Å². The van der Waals surface area contributed by atoms with E-state index in [9.17, 15) is 26.4 Å². The van der Waals surface area contributed by atoms with Crippen LogP contribution in [0.1, 0.15) is 12.5 Å². The van der Waals surface area contributed by atoms with E-state index in [1.54, 1.807) is 4.90 Å². The quantitative estimate of drug-likeness (QED) is 0.868. The molecule has 134 valence electrons. The summed E-state index contributed by atoms with van der Waals surface area (Å²) in [4.78, 5) is 13.3. The number of rotatable bonds is 4. The number of nitrogens with one attached hydrogen (secondary N) is 1. The van der Waals surface area contributed by atoms with Gasteiger partial charge in [-0.05, 0) is 24.7 Å². The molecule has 0 spiro atoms. The summed E-state index contributed by atoms with van der Waals surface area (Å²) in [6.45, 7) is 3.26. The van der Waals surface area contributed by atoms with Crippen molar-refractivity contribution >= 4 is 15.9 Å². The number of alkyl halides is 3. The van der Waals surface area contributed by atoms with Crippen LogP contribution < -0.4 is 4.72 Å². The molecule has 0 aromatic heterocycles. The molecule has 1 atom stereocenters. The molecule has 1 saturated heterocycles. The van der Waals surface area contributed by atoms with Gasteiger partial charge in [-0.1, -0.05) is 13.0 Å². The molecule has 24 heavy (non-hydrogen) atoms. The van der Waals surface area contributed by atoms with Gasteiger partial charge in [0, 0.05) is 6.54 Å². The number of sulfonamides is 1. The molecule has 10 heteroatoms. The van der Waals surface area contributed by atoms with Crippen LogP contribution in [0.5, 0.6) is 0 Å². The standard InChI is InChI=1S/C14H17F3N2O4S/c1-2-19-6-7-23-9-12(19)13(20)18-24(21,22)11-5-3-4-10(8-11)14(15,16)17/h3-5,8,12H,2,6-7,9H2,1H3,(H,18,20)/t12-/m0/s1. The molecule has 0 radical (unpaired) electrons. The van der Waals surface area contributed by atoms with Gasteiger partial charge < -0.3 is 4.74 Å². The lowest BCUT2D eigenvalue weighted by molar-refractivity contribution is -0.137. The number of morpholine rings is 1. The zero-order chi connectivity index (χ0) is 18.0. The van der Waals surface area contributed by atoms with Crippen molar-refractivity contribution in [2.24, 2.45) is 0 Å².